The lowest BCUT2D eigenvalue weighted by molar-refractivity contribution is 0.297. The standard InChI is InChI=1S/C10H15N3O2/c1-2-3-7-15-9-6-4-5-8(12-9)10(11)13-14/h4-6,14H,2-3,7H2,1H3,(H2,11,13). The zero-order chi connectivity index (χ0) is 11.1. The Morgan fingerprint density at radius 1 is 1.60 bits per heavy atom. The van der Waals surface area contributed by atoms with Crippen LogP contribution in [0.1, 0.15) is 25.5 Å². The quantitative estimate of drug-likeness (QED) is 0.252. The van der Waals surface area contributed by atoms with E-state index < -0.39 is 0 Å². The smallest absolute Gasteiger partial charge is 0.213 e. The van der Waals surface area contributed by atoms with Crippen molar-refractivity contribution in [2.24, 2.45) is 10.9 Å². The van der Waals surface area contributed by atoms with Gasteiger partial charge in [0.2, 0.25) is 5.88 Å². The maximum absolute atomic E-state index is 8.48. The Bertz CT molecular complexity index is 339. The van der Waals surface area contributed by atoms with Crippen LogP contribution < -0.4 is 10.5 Å². The van der Waals surface area contributed by atoms with Crippen LogP contribution in [0.25, 0.3) is 0 Å². The molecule has 0 spiro atoms. The van der Waals surface area contributed by atoms with Gasteiger partial charge in [0.1, 0.15) is 5.69 Å². The SMILES string of the molecule is CCCCOc1cccc(C(N)=NO)n1. The summed E-state index contributed by atoms with van der Waals surface area (Å²) in [7, 11) is 0. The highest BCUT2D eigenvalue weighted by molar-refractivity contribution is 5.95. The van der Waals surface area contributed by atoms with E-state index in [9.17, 15) is 0 Å². The van der Waals surface area contributed by atoms with Crippen molar-refractivity contribution in [3.63, 3.8) is 0 Å². The Labute approximate surface area is 88.6 Å². The summed E-state index contributed by atoms with van der Waals surface area (Å²) in [6, 6.07) is 5.15. The van der Waals surface area contributed by atoms with Crippen molar-refractivity contribution in [1.29, 1.82) is 0 Å². The second kappa shape index (κ2) is 5.85. The Balaban J connectivity index is 2.66. The van der Waals surface area contributed by atoms with Gasteiger partial charge < -0.3 is 15.7 Å². The number of ether oxygens (including phenoxy) is 1. The Morgan fingerprint density at radius 2 is 2.40 bits per heavy atom. The number of nitrogens with two attached hydrogens (primary N) is 1. The monoisotopic (exact) mass is 209 g/mol. The van der Waals surface area contributed by atoms with Gasteiger partial charge in [-0.15, -0.1) is 0 Å². The molecule has 0 aliphatic heterocycles. The highest BCUT2D eigenvalue weighted by Crippen LogP contribution is 2.08. The van der Waals surface area contributed by atoms with Crippen LogP contribution in [0.15, 0.2) is 23.4 Å². The van der Waals surface area contributed by atoms with Crippen LogP contribution in [-0.2, 0) is 0 Å². The molecule has 0 atom stereocenters. The minimum atomic E-state index is -0.0176. The molecule has 0 saturated carbocycles. The van der Waals surface area contributed by atoms with Gasteiger partial charge >= 0.3 is 0 Å². The number of aromatic nitrogens is 1. The summed E-state index contributed by atoms with van der Waals surface area (Å²) in [4.78, 5) is 4.08. The molecule has 5 nitrogen and oxygen atoms in total. The first-order valence-corrected chi connectivity index (χ1v) is 4.85. The van der Waals surface area contributed by atoms with Gasteiger partial charge in [-0.2, -0.15) is 0 Å². The van der Waals surface area contributed by atoms with E-state index in [0.29, 0.717) is 18.2 Å². The van der Waals surface area contributed by atoms with E-state index in [0.717, 1.165) is 12.8 Å². The number of amidine groups is 1. The van der Waals surface area contributed by atoms with Crippen molar-refractivity contribution in [3.05, 3.63) is 23.9 Å². The maximum atomic E-state index is 8.48. The van der Waals surface area contributed by atoms with Gasteiger partial charge in [0.25, 0.3) is 0 Å². The van der Waals surface area contributed by atoms with E-state index in [4.69, 9.17) is 15.7 Å². The van der Waals surface area contributed by atoms with Gasteiger partial charge in [-0.05, 0) is 12.5 Å². The summed E-state index contributed by atoms with van der Waals surface area (Å²) in [5.74, 6) is 0.475. The molecule has 0 aromatic carbocycles. The molecule has 0 saturated heterocycles. The fourth-order valence-electron chi connectivity index (χ4n) is 1.01. The van der Waals surface area contributed by atoms with Crippen LogP contribution in [0, 0.1) is 0 Å². The van der Waals surface area contributed by atoms with Crippen LogP contribution in [0.5, 0.6) is 5.88 Å². The second-order valence-electron chi connectivity index (χ2n) is 3.05. The van der Waals surface area contributed by atoms with Gasteiger partial charge in [-0.3, -0.25) is 0 Å². The van der Waals surface area contributed by atoms with Crippen molar-refractivity contribution in [3.8, 4) is 5.88 Å². The molecule has 0 unspecified atom stereocenters. The highest BCUT2D eigenvalue weighted by atomic mass is 16.5. The number of oxime groups is 1. The van der Waals surface area contributed by atoms with Crippen LogP contribution in [0.3, 0.4) is 0 Å². The van der Waals surface area contributed by atoms with Gasteiger partial charge in [-0.25, -0.2) is 4.98 Å². The first-order valence-electron chi connectivity index (χ1n) is 4.85. The number of hydrogen-bond acceptors (Lipinski definition) is 4. The average molecular weight is 209 g/mol. The molecule has 1 aromatic rings. The molecule has 3 N–H and O–H groups in total. The molecule has 15 heavy (non-hydrogen) atoms. The summed E-state index contributed by atoms with van der Waals surface area (Å²) in [6.07, 6.45) is 2.05. The average Bonchev–Trinajstić information content (AvgIpc) is 2.29. The first kappa shape index (κ1) is 11.3. The lowest BCUT2D eigenvalue weighted by Crippen LogP contribution is -2.15. The number of rotatable bonds is 5. The second-order valence-corrected chi connectivity index (χ2v) is 3.05. The largest absolute Gasteiger partial charge is 0.478 e. The molecule has 0 radical (unpaired) electrons. The van der Waals surface area contributed by atoms with Crippen LogP contribution in [-0.4, -0.2) is 22.6 Å². The van der Waals surface area contributed by atoms with E-state index in [1.165, 1.54) is 0 Å². The molecule has 1 aromatic heterocycles. The summed E-state index contributed by atoms with van der Waals surface area (Å²) < 4.78 is 5.38. The van der Waals surface area contributed by atoms with Gasteiger partial charge in [0, 0.05) is 6.07 Å². The molecular formula is C10H15N3O2. The van der Waals surface area contributed by atoms with Crippen molar-refractivity contribution in [2.45, 2.75) is 19.8 Å². The predicted octanol–water partition coefficient (Wildman–Crippen LogP) is 1.35. The molecule has 0 fully saturated rings. The Hall–Kier alpha value is -1.78. The predicted molar refractivity (Wildman–Crippen MR) is 57.2 cm³/mol. The minimum absolute atomic E-state index is 0.0176. The third-order valence-electron chi connectivity index (χ3n) is 1.84. The van der Waals surface area contributed by atoms with E-state index in [1.807, 2.05) is 0 Å². The third kappa shape index (κ3) is 3.46. The molecule has 5 heteroatoms. The van der Waals surface area contributed by atoms with Crippen molar-refractivity contribution in [1.82, 2.24) is 4.98 Å². The highest BCUT2D eigenvalue weighted by Gasteiger charge is 2.02. The zero-order valence-electron chi connectivity index (χ0n) is 8.68. The maximum Gasteiger partial charge on any atom is 0.213 e. The molecule has 0 aliphatic carbocycles. The molecular weight excluding hydrogens is 194 g/mol. The molecule has 0 amide bonds. The molecule has 0 bridgehead atoms. The van der Waals surface area contributed by atoms with Crippen molar-refractivity contribution >= 4 is 5.84 Å². The van der Waals surface area contributed by atoms with Gasteiger partial charge in [0.05, 0.1) is 6.61 Å². The zero-order valence-corrected chi connectivity index (χ0v) is 8.68. The normalized spacial score (nSPS) is 11.4. The number of nitrogens with zero attached hydrogens (tertiary/aromatic N) is 2. The fourth-order valence-corrected chi connectivity index (χ4v) is 1.01. The Morgan fingerprint density at radius 3 is 3.07 bits per heavy atom. The van der Waals surface area contributed by atoms with E-state index >= 15 is 0 Å². The lowest BCUT2D eigenvalue weighted by atomic mass is 10.3. The third-order valence-corrected chi connectivity index (χ3v) is 1.84. The van der Waals surface area contributed by atoms with E-state index in [2.05, 4.69) is 17.1 Å². The van der Waals surface area contributed by atoms with Gasteiger partial charge in [-0.1, -0.05) is 24.6 Å². The number of unbranched alkanes of at least 4 members (excludes halogenated alkanes) is 1. The molecule has 82 valence electrons. The topological polar surface area (TPSA) is 80.7 Å². The van der Waals surface area contributed by atoms with E-state index in [1.54, 1.807) is 18.2 Å². The minimum Gasteiger partial charge on any atom is -0.478 e. The first-order chi connectivity index (χ1) is 7.27. The van der Waals surface area contributed by atoms with Gasteiger partial charge in [0.15, 0.2) is 5.84 Å². The summed E-state index contributed by atoms with van der Waals surface area (Å²) >= 11 is 0. The van der Waals surface area contributed by atoms with Crippen LogP contribution >= 0.6 is 0 Å². The summed E-state index contributed by atoms with van der Waals surface area (Å²) in [5.41, 5.74) is 5.81. The lowest BCUT2D eigenvalue weighted by Gasteiger charge is -2.05. The molecule has 1 heterocycles. The number of hydrogen-bond donors (Lipinski definition) is 2. The fraction of sp³-hybridized carbons (Fsp3) is 0.400. The number of pyridine rings is 1. The molecule has 0 aliphatic rings. The Kier molecular flexibility index (Phi) is 4.40. The van der Waals surface area contributed by atoms with Crippen LogP contribution in [0.2, 0.25) is 0 Å². The summed E-state index contributed by atoms with van der Waals surface area (Å²) in [6.45, 7) is 2.72. The van der Waals surface area contributed by atoms with E-state index in [-0.39, 0.29) is 5.84 Å². The summed E-state index contributed by atoms with van der Waals surface area (Å²) in [5, 5.41) is 11.3. The van der Waals surface area contributed by atoms with Crippen molar-refractivity contribution in [2.75, 3.05) is 6.61 Å². The molecule has 1 rings (SSSR count). The van der Waals surface area contributed by atoms with Crippen molar-refractivity contribution < 1.29 is 9.94 Å². The van der Waals surface area contributed by atoms with Crippen LogP contribution in [0.4, 0.5) is 0 Å².